The molecular weight excluding hydrogens is 342 g/mol. The molecule has 140 valence electrons. The normalized spacial score (nSPS) is 14.0. The van der Waals surface area contributed by atoms with Gasteiger partial charge in [-0.25, -0.2) is 4.98 Å². The summed E-state index contributed by atoms with van der Waals surface area (Å²) in [7, 11) is 1.58. The third-order valence-corrected chi connectivity index (χ3v) is 4.94. The number of benzene rings is 1. The number of hydrogen-bond acceptors (Lipinski definition) is 5. The first-order valence-electron chi connectivity index (χ1n) is 9.26. The number of amides is 1. The molecule has 1 aliphatic rings. The molecule has 1 amide bonds. The molecule has 0 spiro atoms. The van der Waals surface area contributed by atoms with Crippen molar-refractivity contribution < 1.29 is 9.53 Å². The van der Waals surface area contributed by atoms with E-state index in [0.717, 1.165) is 34.8 Å². The number of nitrogens with zero attached hydrogens (tertiary/aromatic N) is 2. The Morgan fingerprint density at radius 2 is 2.19 bits per heavy atom. The van der Waals surface area contributed by atoms with E-state index in [9.17, 15) is 4.79 Å². The van der Waals surface area contributed by atoms with Gasteiger partial charge in [-0.3, -0.25) is 4.79 Å². The lowest BCUT2D eigenvalue weighted by Gasteiger charge is -2.25. The molecule has 0 bridgehead atoms. The Morgan fingerprint density at radius 3 is 2.96 bits per heavy atom. The number of likely N-dealkylation sites (N-methyl/N-ethyl adjacent to an activating group) is 1. The zero-order chi connectivity index (χ0) is 18.6. The number of aromatic nitrogens is 3. The smallest absolute Gasteiger partial charge is 0.257 e. The lowest BCUT2D eigenvalue weighted by molar-refractivity contribution is -0.122. The molecule has 7 heteroatoms. The summed E-state index contributed by atoms with van der Waals surface area (Å²) in [6.45, 7) is -0.0174. The summed E-state index contributed by atoms with van der Waals surface area (Å²) >= 11 is 0. The fourth-order valence-corrected chi connectivity index (χ4v) is 3.20. The van der Waals surface area contributed by atoms with Crippen molar-refractivity contribution in [1.29, 1.82) is 0 Å². The number of carbonyl (C=O) groups is 1. The van der Waals surface area contributed by atoms with E-state index in [2.05, 4.69) is 20.6 Å². The summed E-state index contributed by atoms with van der Waals surface area (Å²) in [5.41, 5.74) is 2.74. The summed E-state index contributed by atoms with van der Waals surface area (Å²) in [6.07, 6.45) is 6.77. The van der Waals surface area contributed by atoms with Crippen LogP contribution in [0.5, 0.6) is 5.75 Å². The SMILES string of the molecule is CNC(=O)COc1cccc(Nc2nc(CC3CCC3)c3cc[nH]c3n2)c1. The molecule has 3 aromatic rings. The molecule has 0 unspecified atom stereocenters. The van der Waals surface area contributed by atoms with Gasteiger partial charge in [-0.1, -0.05) is 25.3 Å². The summed E-state index contributed by atoms with van der Waals surface area (Å²) in [4.78, 5) is 23.9. The molecule has 3 N–H and O–H groups in total. The Kier molecular flexibility index (Phi) is 4.91. The van der Waals surface area contributed by atoms with Crippen LogP contribution in [0.3, 0.4) is 0 Å². The van der Waals surface area contributed by atoms with E-state index in [4.69, 9.17) is 9.72 Å². The second-order valence-electron chi connectivity index (χ2n) is 6.85. The molecule has 0 aliphatic heterocycles. The molecule has 27 heavy (non-hydrogen) atoms. The summed E-state index contributed by atoms with van der Waals surface area (Å²) in [6, 6.07) is 9.47. The van der Waals surface area contributed by atoms with E-state index < -0.39 is 0 Å². The van der Waals surface area contributed by atoms with Gasteiger partial charge in [0.1, 0.15) is 11.4 Å². The number of fused-ring (bicyclic) bond motifs is 1. The van der Waals surface area contributed by atoms with E-state index in [-0.39, 0.29) is 12.5 Å². The molecule has 1 saturated carbocycles. The van der Waals surface area contributed by atoms with Crippen molar-refractivity contribution in [2.75, 3.05) is 19.0 Å². The van der Waals surface area contributed by atoms with Crippen molar-refractivity contribution in [2.24, 2.45) is 5.92 Å². The molecule has 7 nitrogen and oxygen atoms in total. The van der Waals surface area contributed by atoms with E-state index in [1.54, 1.807) is 7.05 Å². The fourth-order valence-electron chi connectivity index (χ4n) is 3.20. The Bertz CT molecular complexity index is 948. The quantitative estimate of drug-likeness (QED) is 0.598. The highest BCUT2D eigenvalue weighted by atomic mass is 16.5. The minimum Gasteiger partial charge on any atom is -0.484 e. The van der Waals surface area contributed by atoms with Gasteiger partial charge in [0.2, 0.25) is 5.95 Å². The number of anilines is 2. The predicted octanol–water partition coefficient (Wildman–Crippen LogP) is 3.17. The van der Waals surface area contributed by atoms with Gasteiger partial charge in [-0.2, -0.15) is 4.98 Å². The topological polar surface area (TPSA) is 91.9 Å². The molecule has 0 atom stereocenters. The minimum absolute atomic E-state index is 0.0174. The molecule has 4 rings (SSSR count). The van der Waals surface area contributed by atoms with Crippen LogP contribution in [-0.4, -0.2) is 34.5 Å². The first-order chi connectivity index (χ1) is 13.2. The zero-order valence-electron chi connectivity index (χ0n) is 15.3. The second kappa shape index (κ2) is 7.65. The van der Waals surface area contributed by atoms with Gasteiger partial charge in [0.25, 0.3) is 5.91 Å². The number of aromatic amines is 1. The highest BCUT2D eigenvalue weighted by Crippen LogP contribution is 2.31. The third-order valence-electron chi connectivity index (χ3n) is 4.94. The first-order valence-corrected chi connectivity index (χ1v) is 9.26. The van der Waals surface area contributed by atoms with E-state index in [0.29, 0.717) is 11.7 Å². The molecule has 1 fully saturated rings. The van der Waals surface area contributed by atoms with Gasteiger partial charge in [0.05, 0.1) is 5.69 Å². The van der Waals surface area contributed by atoms with E-state index >= 15 is 0 Å². The molecular formula is C20H23N5O2. The lowest BCUT2D eigenvalue weighted by Crippen LogP contribution is -2.24. The lowest BCUT2D eigenvalue weighted by atomic mass is 9.82. The van der Waals surface area contributed by atoms with Crippen LogP contribution >= 0.6 is 0 Å². The molecule has 0 radical (unpaired) electrons. The van der Waals surface area contributed by atoms with Gasteiger partial charge in [-0.15, -0.1) is 0 Å². The maximum Gasteiger partial charge on any atom is 0.257 e. The Labute approximate surface area is 157 Å². The maximum atomic E-state index is 11.3. The van der Waals surface area contributed by atoms with Crippen LogP contribution in [0, 0.1) is 5.92 Å². The number of carbonyl (C=O) groups excluding carboxylic acids is 1. The average Bonchev–Trinajstić information content (AvgIpc) is 3.11. The fraction of sp³-hybridized carbons (Fsp3) is 0.350. The molecule has 0 saturated heterocycles. The largest absolute Gasteiger partial charge is 0.484 e. The van der Waals surface area contributed by atoms with Gasteiger partial charge in [0, 0.05) is 30.4 Å². The number of rotatable bonds is 7. The van der Waals surface area contributed by atoms with Crippen molar-refractivity contribution in [1.82, 2.24) is 20.3 Å². The maximum absolute atomic E-state index is 11.3. The monoisotopic (exact) mass is 365 g/mol. The van der Waals surface area contributed by atoms with Crippen molar-refractivity contribution >= 4 is 28.6 Å². The average molecular weight is 365 g/mol. The van der Waals surface area contributed by atoms with Crippen molar-refractivity contribution in [3.63, 3.8) is 0 Å². The standard InChI is InChI=1S/C20H23N5O2/c1-21-18(26)12-27-15-7-3-6-14(11-15)23-20-24-17(10-13-4-2-5-13)16-8-9-22-19(16)25-20/h3,6-9,11,13H,2,4-5,10,12H2,1H3,(H,21,26)(H2,22,23,24,25). The molecule has 2 aromatic heterocycles. The highest BCUT2D eigenvalue weighted by Gasteiger charge is 2.20. The number of ether oxygens (including phenoxy) is 1. The van der Waals surface area contributed by atoms with E-state index in [1.807, 2.05) is 36.5 Å². The van der Waals surface area contributed by atoms with Gasteiger partial charge >= 0.3 is 0 Å². The first kappa shape index (κ1) is 17.3. The molecule has 1 aromatic carbocycles. The number of hydrogen-bond donors (Lipinski definition) is 3. The van der Waals surface area contributed by atoms with Crippen LogP contribution in [0.1, 0.15) is 25.0 Å². The van der Waals surface area contributed by atoms with Gasteiger partial charge in [0.15, 0.2) is 6.61 Å². The Morgan fingerprint density at radius 1 is 1.30 bits per heavy atom. The Balaban J connectivity index is 1.53. The minimum atomic E-state index is -0.172. The van der Waals surface area contributed by atoms with Gasteiger partial charge in [-0.05, 0) is 30.5 Å². The van der Waals surface area contributed by atoms with Crippen molar-refractivity contribution in [2.45, 2.75) is 25.7 Å². The van der Waals surface area contributed by atoms with Crippen LogP contribution < -0.4 is 15.4 Å². The second-order valence-corrected chi connectivity index (χ2v) is 6.85. The van der Waals surface area contributed by atoms with Crippen molar-refractivity contribution in [3.8, 4) is 5.75 Å². The Hall–Kier alpha value is -3.09. The van der Waals surface area contributed by atoms with Crippen LogP contribution in [0.15, 0.2) is 36.5 Å². The van der Waals surface area contributed by atoms with Gasteiger partial charge < -0.3 is 20.4 Å². The van der Waals surface area contributed by atoms with Crippen LogP contribution in [-0.2, 0) is 11.2 Å². The summed E-state index contributed by atoms with van der Waals surface area (Å²) in [5, 5.41) is 6.88. The number of H-pyrrole nitrogens is 1. The molecule has 1 aliphatic carbocycles. The highest BCUT2D eigenvalue weighted by molar-refractivity contribution is 5.80. The summed E-state index contributed by atoms with van der Waals surface area (Å²) < 4.78 is 5.49. The number of nitrogens with one attached hydrogen (secondary N) is 3. The van der Waals surface area contributed by atoms with Crippen LogP contribution in [0.2, 0.25) is 0 Å². The van der Waals surface area contributed by atoms with Crippen molar-refractivity contribution in [3.05, 3.63) is 42.2 Å². The third kappa shape index (κ3) is 4.02. The van der Waals surface area contributed by atoms with E-state index in [1.165, 1.54) is 19.3 Å². The van der Waals surface area contributed by atoms with Crippen LogP contribution in [0.4, 0.5) is 11.6 Å². The molecule has 2 heterocycles. The predicted molar refractivity (Wildman–Crippen MR) is 104 cm³/mol. The summed E-state index contributed by atoms with van der Waals surface area (Å²) in [5.74, 6) is 1.73. The van der Waals surface area contributed by atoms with Crippen LogP contribution in [0.25, 0.3) is 11.0 Å². The zero-order valence-corrected chi connectivity index (χ0v) is 15.3.